The van der Waals surface area contributed by atoms with E-state index in [0.717, 1.165) is 24.9 Å². The van der Waals surface area contributed by atoms with Crippen molar-refractivity contribution in [1.82, 2.24) is 14.4 Å². The zero-order chi connectivity index (χ0) is 15.8. The van der Waals surface area contributed by atoms with Gasteiger partial charge < -0.3 is 15.0 Å². The lowest BCUT2D eigenvalue weighted by molar-refractivity contribution is -0.389. The molecule has 0 N–H and O–H groups in total. The average Bonchev–Trinajstić information content (AvgIpc) is 3.19. The molecule has 1 aliphatic rings. The van der Waals surface area contributed by atoms with Crippen LogP contribution in [0.3, 0.4) is 0 Å². The van der Waals surface area contributed by atoms with Crippen molar-refractivity contribution >= 4 is 17.3 Å². The van der Waals surface area contributed by atoms with Crippen molar-refractivity contribution in [2.45, 2.75) is 18.9 Å². The van der Waals surface area contributed by atoms with Crippen LogP contribution in [0.4, 0.5) is 11.6 Å². The van der Waals surface area contributed by atoms with Crippen molar-refractivity contribution in [3.8, 4) is 0 Å². The van der Waals surface area contributed by atoms with E-state index in [9.17, 15) is 10.1 Å². The Balaban J connectivity index is 1.85. The van der Waals surface area contributed by atoms with Gasteiger partial charge in [0.05, 0.1) is 12.2 Å². The lowest BCUT2D eigenvalue weighted by Gasteiger charge is -2.24. The van der Waals surface area contributed by atoms with Crippen LogP contribution in [0.15, 0.2) is 48.9 Å². The molecule has 3 aromatic rings. The number of hydrogen-bond acceptors (Lipinski definition) is 5. The van der Waals surface area contributed by atoms with Crippen LogP contribution in [0.1, 0.15) is 24.4 Å². The normalized spacial score (nSPS) is 17.7. The summed E-state index contributed by atoms with van der Waals surface area (Å²) in [5.74, 6) is 0.462. The lowest BCUT2D eigenvalue weighted by Crippen LogP contribution is -2.23. The smallest absolute Gasteiger partial charge is 0.358 e. The van der Waals surface area contributed by atoms with Gasteiger partial charge >= 0.3 is 5.82 Å². The average molecular weight is 309 g/mol. The van der Waals surface area contributed by atoms with Crippen LogP contribution in [-0.2, 0) is 0 Å². The third-order valence-corrected chi connectivity index (χ3v) is 4.25. The van der Waals surface area contributed by atoms with Gasteiger partial charge in [-0.15, -0.1) is 0 Å². The van der Waals surface area contributed by atoms with Crippen molar-refractivity contribution in [3.63, 3.8) is 0 Å². The third kappa shape index (κ3) is 2.21. The van der Waals surface area contributed by atoms with Crippen LogP contribution in [0.2, 0.25) is 0 Å². The van der Waals surface area contributed by atoms with Crippen LogP contribution < -0.4 is 4.90 Å². The van der Waals surface area contributed by atoms with E-state index in [1.807, 2.05) is 29.3 Å². The first-order valence-electron chi connectivity index (χ1n) is 7.54. The summed E-state index contributed by atoms with van der Waals surface area (Å²) in [6.07, 6.45) is 7.15. The van der Waals surface area contributed by atoms with Crippen LogP contribution in [0.5, 0.6) is 0 Å². The Bertz CT molecular complexity index is 861. The molecule has 0 unspecified atom stereocenters. The van der Waals surface area contributed by atoms with Gasteiger partial charge in [-0.2, -0.15) is 9.38 Å². The van der Waals surface area contributed by atoms with E-state index in [-0.39, 0.29) is 16.8 Å². The van der Waals surface area contributed by atoms with Gasteiger partial charge in [-0.3, -0.25) is 4.98 Å². The molecule has 1 aliphatic heterocycles. The van der Waals surface area contributed by atoms with Crippen LogP contribution in [0.25, 0.3) is 5.65 Å². The Morgan fingerprint density at radius 2 is 2.17 bits per heavy atom. The van der Waals surface area contributed by atoms with Crippen molar-refractivity contribution in [2.24, 2.45) is 0 Å². The number of pyridine rings is 2. The van der Waals surface area contributed by atoms with E-state index in [4.69, 9.17) is 0 Å². The maximum absolute atomic E-state index is 11.6. The van der Waals surface area contributed by atoms with E-state index in [0.29, 0.717) is 11.5 Å². The number of hydrogen-bond donors (Lipinski definition) is 0. The predicted molar refractivity (Wildman–Crippen MR) is 85.4 cm³/mol. The molecule has 0 radical (unpaired) electrons. The maximum Gasteiger partial charge on any atom is 0.372 e. The molecule has 0 aromatic carbocycles. The molecule has 23 heavy (non-hydrogen) atoms. The standard InChI is InChI=1S/C16H15N5O2/c22-21(23)16-15(18-14-7-1-2-9-20(14)16)19-10-4-6-13(19)12-5-3-8-17-11-12/h1-3,5,7-9,11,13H,4,6,10H2/t13-/m1/s1. The first kappa shape index (κ1) is 13.7. The van der Waals surface area contributed by atoms with E-state index in [2.05, 4.69) is 9.97 Å². The Morgan fingerprint density at radius 3 is 2.96 bits per heavy atom. The number of anilines is 1. The molecule has 1 saturated heterocycles. The Hall–Kier alpha value is -2.96. The molecule has 1 atom stereocenters. The summed E-state index contributed by atoms with van der Waals surface area (Å²) in [4.78, 5) is 22.0. The van der Waals surface area contributed by atoms with Gasteiger partial charge in [0, 0.05) is 25.0 Å². The number of imidazole rings is 1. The number of aromatic nitrogens is 3. The Morgan fingerprint density at radius 1 is 1.26 bits per heavy atom. The zero-order valence-corrected chi connectivity index (χ0v) is 12.4. The number of nitrogens with zero attached hydrogens (tertiary/aromatic N) is 5. The highest BCUT2D eigenvalue weighted by molar-refractivity contribution is 5.64. The van der Waals surface area contributed by atoms with E-state index < -0.39 is 0 Å². The van der Waals surface area contributed by atoms with Gasteiger partial charge in [-0.25, -0.2) is 0 Å². The van der Waals surface area contributed by atoms with Crippen LogP contribution in [0, 0.1) is 10.1 Å². The highest BCUT2D eigenvalue weighted by Gasteiger charge is 2.34. The van der Waals surface area contributed by atoms with Gasteiger partial charge in [0.25, 0.3) is 0 Å². The van der Waals surface area contributed by atoms with E-state index >= 15 is 0 Å². The predicted octanol–water partition coefficient (Wildman–Crippen LogP) is 2.98. The van der Waals surface area contributed by atoms with Gasteiger partial charge in [0.2, 0.25) is 11.5 Å². The van der Waals surface area contributed by atoms with Crippen molar-refractivity contribution in [2.75, 3.05) is 11.4 Å². The molecule has 0 amide bonds. The summed E-state index contributed by atoms with van der Waals surface area (Å²) in [6.45, 7) is 0.754. The number of rotatable bonds is 3. The van der Waals surface area contributed by atoms with Crippen molar-refractivity contribution in [3.05, 3.63) is 64.6 Å². The topological polar surface area (TPSA) is 76.6 Å². The summed E-state index contributed by atoms with van der Waals surface area (Å²) in [7, 11) is 0. The molecular weight excluding hydrogens is 294 g/mol. The highest BCUT2D eigenvalue weighted by atomic mass is 16.6. The fourth-order valence-corrected chi connectivity index (χ4v) is 3.27. The van der Waals surface area contributed by atoms with Gasteiger partial charge in [-0.1, -0.05) is 12.1 Å². The molecule has 7 nitrogen and oxygen atoms in total. The van der Waals surface area contributed by atoms with Crippen LogP contribution in [-0.4, -0.2) is 25.8 Å². The van der Waals surface area contributed by atoms with Gasteiger partial charge in [-0.05, 0) is 35.5 Å². The summed E-state index contributed by atoms with van der Waals surface area (Å²) in [5, 5.41) is 11.6. The van der Waals surface area contributed by atoms with Gasteiger partial charge in [0.1, 0.15) is 0 Å². The molecule has 116 valence electrons. The Labute approximate surface area is 132 Å². The molecule has 3 aromatic heterocycles. The number of nitro groups is 1. The third-order valence-electron chi connectivity index (χ3n) is 4.25. The minimum absolute atomic E-state index is 0.0244. The second-order valence-electron chi connectivity index (χ2n) is 5.58. The minimum Gasteiger partial charge on any atom is -0.358 e. The summed E-state index contributed by atoms with van der Waals surface area (Å²) >= 11 is 0. The molecule has 0 aliphatic carbocycles. The quantitative estimate of drug-likeness (QED) is 0.549. The lowest BCUT2D eigenvalue weighted by atomic mass is 10.1. The number of fused-ring (bicyclic) bond motifs is 1. The fourth-order valence-electron chi connectivity index (χ4n) is 3.27. The first-order valence-corrected chi connectivity index (χ1v) is 7.54. The molecule has 4 heterocycles. The second kappa shape index (κ2) is 5.35. The first-order chi connectivity index (χ1) is 11.3. The Kier molecular flexibility index (Phi) is 3.18. The molecule has 0 bridgehead atoms. The molecule has 4 rings (SSSR count). The second-order valence-corrected chi connectivity index (χ2v) is 5.58. The summed E-state index contributed by atoms with van der Waals surface area (Å²) in [6, 6.07) is 9.37. The van der Waals surface area contributed by atoms with E-state index in [1.54, 1.807) is 24.5 Å². The van der Waals surface area contributed by atoms with Crippen molar-refractivity contribution < 1.29 is 4.92 Å². The molecular formula is C16H15N5O2. The minimum atomic E-state index is -0.353. The SMILES string of the molecule is O=[N+]([O-])c1c(N2CCC[C@@H]2c2cccnc2)nc2ccccn12. The van der Waals surface area contributed by atoms with Crippen molar-refractivity contribution in [1.29, 1.82) is 0 Å². The monoisotopic (exact) mass is 309 g/mol. The summed E-state index contributed by atoms with van der Waals surface area (Å²) in [5.41, 5.74) is 1.65. The van der Waals surface area contributed by atoms with Gasteiger partial charge in [0.15, 0.2) is 0 Å². The fraction of sp³-hybridized carbons (Fsp3) is 0.250. The molecule has 0 saturated carbocycles. The van der Waals surface area contributed by atoms with Crippen LogP contribution >= 0.6 is 0 Å². The van der Waals surface area contributed by atoms with E-state index in [1.165, 1.54) is 4.40 Å². The highest BCUT2D eigenvalue weighted by Crippen LogP contribution is 2.39. The summed E-state index contributed by atoms with van der Waals surface area (Å²) < 4.78 is 1.54. The molecule has 0 spiro atoms. The molecule has 1 fully saturated rings. The zero-order valence-electron chi connectivity index (χ0n) is 12.4. The maximum atomic E-state index is 11.6. The largest absolute Gasteiger partial charge is 0.372 e. The molecule has 7 heteroatoms.